The highest BCUT2D eigenvalue weighted by Gasteiger charge is 2.09. The predicted molar refractivity (Wildman–Crippen MR) is 82.4 cm³/mol. The zero-order chi connectivity index (χ0) is 13.8. The SMILES string of the molecule is O=C(CSc1nc2ccccc2s1)Oc1ccccc1. The number of nitrogens with zero attached hydrogens (tertiary/aromatic N) is 1. The minimum atomic E-state index is -0.263. The van der Waals surface area contributed by atoms with Crippen molar-refractivity contribution in [1.82, 2.24) is 4.98 Å². The standard InChI is InChI=1S/C15H11NO2S2/c17-14(18-11-6-2-1-3-7-11)10-19-15-16-12-8-4-5-9-13(12)20-15/h1-9H,10H2. The molecular formula is C15H11NO2S2. The van der Waals surface area contributed by atoms with Gasteiger partial charge < -0.3 is 4.74 Å². The smallest absolute Gasteiger partial charge is 0.321 e. The number of thiazole rings is 1. The molecule has 3 aromatic rings. The summed E-state index contributed by atoms with van der Waals surface area (Å²) in [6, 6.07) is 17.0. The van der Waals surface area contributed by atoms with Gasteiger partial charge in [-0.1, -0.05) is 42.1 Å². The molecule has 0 radical (unpaired) electrons. The van der Waals surface area contributed by atoms with E-state index >= 15 is 0 Å². The molecule has 0 saturated heterocycles. The Morgan fingerprint density at radius 1 is 1.10 bits per heavy atom. The molecule has 0 spiro atoms. The number of benzene rings is 2. The molecule has 0 aliphatic rings. The summed E-state index contributed by atoms with van der Waals surface area (Å²) in [4.78, 5) is 16.2. The maximum atomic E-state index is 11.7. The number of carbonyl (C=O) groups is 1. The van der Waals surface area contributed by atoms with Crippen molar-refractivity contribution in [3.05, 3.63) is 54.6 Å². The summed E-state index contributed by atoms with van der Waals surface area (Å²) in [5.41, 5.74) is 0.969. The summed E-state index contributed by atoms with van der Waals surface area (Å²) in [6.07, 6.45) is 0. The minimum absolute atomic E-state index is 0.259. The molecule has 3 rings (SSSR count). The Morgan fingerprint density at radius 2 is 1.85 bits per heavy atom. The van der Waals surface area contributed by atoms with E-state index < -0.39 is 0 Å². The summed E-state index contributed by atoms with van der Waals surface area (Å²) in [5, 5.41) is 0. The fourth-order valence-corrected chi connectivity index (χ4v) is 3.52. The van der Waals surface area contributed by atoms with Crippen molar-refractivity contribution >= 4 is 39.3 Å². The third kappa shape index (κ3) is 3.18. The van der Waals surface area contributed by atoms with E-state index in [9.17, 15) is 4.79 Å². The van der Waals surface area contributed by atoms with Gasteiger partial charge in [0, 0.05) is 0 Å². The van der Waals surface area contributed by atoms with Gasteiger partial charge in [-0.05, 0) is 24.3 Å². The largest absolute Gasteiger partial charge is 0.426 e. The first-order valence-corrected chi connectivity index (χ1v) is 7.85. The maximum absolute atomic E-state index is 11.7. The van der Waals surface area contributed by atoms with Crippen LogP contribution in [-0.2, 0) is 4.79 Å². The van der Waals surface area contributed by atoms with Crippen molar-refractivity contribution < 1.29 is 9.53 Å². The topological polar surface area (TPSA) is 39.2 Å². The number of fused-ring (bicyclic) bond motifs is 1. The number of rotatable bonds is 4. The number of thioether (sulfide) groups is 1. The molecule has 0 unspecified atom stereocenters. The van der Waals surface area contributed by atoms with E-state index in [1.807, 2.05) is 42.5 Å². The molecule has 20 heavy (non-hydrogen) atoms. The van der Waals surface area contributed by atoms with Crippen LogP contribution in [0.15, 0.2) is 58.9 Å². The molecule has 0 aliphatic carbocycles. The highest BCUT2D eigenvalue weighted by atomic mass is 32.2. The Labute approximate surface area is 124 Å². The lowest BCUT2D eigenvalue weighted by Crippen LogP contribution is -2.10. The van der Waals surface area contributed by atoms with Gasteiger partial charge in [-0.25, -0.2) is 4.98 Å². The van der Waals surface area contributed by atoms with Gasteiger partial charge in [0.1, 0.15) is 5.75 Å². The molecule has 0 atom stereocenters. The van der Waals surface area contributed by atoms with Crippen LogP contribution in [0.25, 0.3) is 10.2 Å². The Kier molecular flexibility index (Phi) is 3.99. The fraction of sp³-hybridized carbons (Fsp3) is 0.0667. The zero-order valence-electron chi connectivity index (χ0n) is 10.5. The predicted octanol–water partition coefficient (Wildman–Crippen LogP) is 3.99. The number of para-hydroxylation sites is 2. The molecule has 1 heterocycles. The van der Waals surface area contributed by atoms with Crippen LogP contribution in [0.2, 0.25) is 0 Å². The van der Waals surface area contributed by atoms with Crippen molar-refractivity contribution in [1.29, 1.82) is 0 Å². The molecule has 1 aromatic heterocycles. The molecule has 3 nitrogen and oxygen atoms in total. The lowest BCUT2D eigenvalue weighted by Gasteiger charge is -2.02. The fourth-order valence-electron chi connectivity index (χ4n) is 1.68. The van der Waals surface area contributed by atoms with Crippen LogP contribution in [0, 0.1) is 0 Å². The molecule has 0 fully saturated rings. The second-order valence-corrected chi connectivity index (χ2v) is 6.28. The molecule has 0 N–H and O–H groups in total. The average molecular weight is 301 g/mol. The molecule has 0 saturated carbocycles. The van der Waals surface area contributed by atoms with Gasteiger partial charge in [-0.3, -0.25) is 4.79 Å². The first-order valence-electron chi connectivity index (χ1n) is 6.05. The van der Waals surface area contributed by atoms with E-state index in [-0.39, 0.29) is 11.7 Å². The van der Waals surface area contributed by atoms with E-state index in [1.54, 1.807) is 23.5 Å². The zero-order valence-corrected chi connectivity index (χ0v) is 12.1. The van der Waals surface area contributed by atoms with Crippen molar-refractivity contribution in [2.75, 3.05) is 5.75 Å². The van der Waals surface area contributed by atoms with Gasteiger partial charge in [-0.2, -0.15) is 0 Å². The monoisotopic (exact) mass is 301 g/mol. The highest BCUT2D eigenvalue weighted by molar-refractivity contribution is 8.01. The van der Waals surface area contributed by atoms with E-state index in [2.05, 4.69) is 4.98 Å². The molecule has 5 heteroatoms. The first kappa shape index (κ1) is 13.1. The molecule has 2 aromatic carbocycles. The summed E-state index contributed by atoms with van der Waals surface area (Å²) >= 11 is 3.00. The van der Waals surface area contributed by atoms with Crippen molar-refractivity contribution in [2.45, 2.75) is 4.34 Å². The second kappa shape index (κ2) is 6.07. The minimum Gasteiger partial charge on any atom is -0.426 e. The van der Waals surface area contributed by atoms with E-state index in [1.165, 1.54) is 11.8 Å². The Balaban J connectivity index is 1.60. The molecule has 0 bridgehead atoms. The van der Waals surface area contributed by atoms with Crippen LogP contribution in [0.1, 0.15) is 0 Å². The molecule has 0 amide bonds. The number of hydrogen-bond donors (Lipinski definition) is 0. The van der Waals surface area contributed by atoms with Crippen LogP contribution in [0.5, 0.6) is 5.75 Å². The van der Waals surface area contributed by atoms with Gasteiger partial charge in [0.05, 0.1) is 16.0 Å². The van der Waals surface area contributed by atoms with Gasteiger partial charge in [0.15, 0.2) is 4.34 Å². The van der Waals surface area contributed by atoms with Crippen molar-refractivity contribution in [2.24, 2.45) is 0 Å². The van der Waals surface area contributed by atoms with Crippen LogP contribution in [0.4, 0.5) is 0 Å². The second-order valence-electron chi connectivity index (χ2n) is 4.02. The van der Waals surface area contributed by atoms with Crippen LogP contribution < -0.4 is 4.74 Å². The average Bonchev–Trinajstić information content (AvgIpc) is 2.89. The number of aromatic nitrogens is 1. The summed E-state index contributed by atoms with van der Waals surface area (Å²) in [6.45, 7) is 0. The van der Waals surface area contributed by atoms with Gasteiger partial charge in [-0.15, -0.1) is 11.3 Å². The molecule has 0 aliphatic heterocycles. The quantitative estimate of drug-likeness (QED) is 0.415. The van der Waals surface area contributed by atoms with Crippen LogP contribution >= 0.6 is 23.1 Å². The Morgan fingerprint density at radius 3 is 2.65 bits per heavy atom. The van der Waals surface area contributed by atoms with Crippen molar-refractivity contribution in [3.8, 4) is 5.75 Å². The molecule has 100 valence electrons. The Bertz CT molecular complexity index is 692. The lowest BCUT2D eigenvalue weighted by molar-refractivity contribution is -0.131. The van der Waals surface area contributed by atoms with E-state index in [0.717, 1.165) is 14.6 Å². The maximum Gasteiger partial charge on any atom is 0.321 e. The normalized spacial score (nSPS) is 10.6. The summed E-state index contributed by atoms with van der Waals surface area (Å²) in [5.74, 6) is 0.567. The number of ether oxygens (including phenoxy) is 1. The Hall–Kier alpha value is -1.85. The van der Waals surface area contributed by atoms with E-state index in [0.29, 0.717) is 5.75 Å². The third-order valence-electron chi connectivity index (χ3n) is 2.56. The van der Waals surface area contributed by atoms with E-state index in [4.69, 9.17) is 4.74 Å². The van der Waals surface area contributed by atoms with Crippen molar-refractivity contribution in [3.63, 3.8) is 0 Å². The number of hydrogen-bond acceptors (Lipinski definition) is 5. The highest BCUT2D eigenvalue weighted by Crippen LogP contribution is 2.29. The summed E-state index contributed by atoms with van der Waals surface area (Å²) in [7, 11) is 0. The van der Waals surface area contributed by atoms with Crippen LogP contribution in [0.3, 0.4) is 0 Å². The van der Waals surface area contributed by atoms with Gasteiger partial charge >= 0.3 is 5.97 Å². The van der Waals surface area contributed by atoms with Gasteiger partial charge in [0.2, 0.25) is 0 Å². The number of esters is 1. The van der Waals surface area contributed by atoms with Gasteiger partial charge in [0.25, 0.3) is 0 Å². The third-order valence-corrected chi connectivity index (χ3v) is 4.72. The first-order chi connectivity index (χ1) is 9.81. The lowest BCUT2D eigenvalue weighted by atomic mass is 10.3. The molecular weight excluding hydrogens is 290 g/mol. The summed E-state index contributed by atoms with van der Waals surface area (Å²) < 4.78 is 7.24. The van der Waals surface area contributed by atoms with Crippen LogP contribution in [-0.4, -0.2) is 16.7 Å². The number of carbonyl (C=O) groups excluding carboxylic acids is 1.